The summed E-state index contributed by atoms with van der Waals surface area (Å²) in [5.74, 6) is 3.71. The first-order chi connectivity index (χ1) is 11.7. The number of anilines is 1. The van der Waals surface area contributed by atoms with Crippen LogP contribution in [0, 0.1) is 13.8 Å². The fraction of sp³-hybridized carbons (Fsp3) is 0.500. The van der Waals surface area contributed by atoms with Gasteiger partial charge in [-0.3, -0.25) is 0 Å². The summed E-state index contributed by atoms with van der Waals surface area (Å²) in [5, 5.41) is 0. The van der Waals surface area contributed by atoms with Crippen LogP contribution >= 0.6 is 0 Å². The van der Waals surface area contributed by atoms with Gasteiger partial charge >= 0.3 is 0 Å². The smallest absolute Gasteiger partial charge is 0.133 e. The molecule has 4 nitrogen and oxygen atoms in total. The summed E-state index contributed by atoms with van der Waals surface area (Å²) >= 11 is 0. The van der Waals surface area contributed by atoms with E-state index in [1.165, 1.54) is 24.0 Å². The maximum atomic E-state index is 6.19. The van der Waals surface area contributed by atoms with E-state index in [1.54, 1.807) is 0 Å². The van der Waals surface area contributed by atoms with Gasteiger partial charge in [0.2, 0.25) is 0 Å². The number of aryl methyl sites for hydroxylation is 2. The van der Waals surface area contributed by atoms with E-state index < -0.39 is 0 Å². The third-order valence-corrected chi connectivity index (χ3v) is 5.15. The molecule has 0 unspecified atom stereocenters. The first-order valence-corrected chi connectivity index (χ1v) is 9.01. The average Bonchev–Trinajstić information content (AvgIpc) is 3.44. The van der Waals surface area contributed by atoms with Crippen molar-refractivity contribution in [1.29, 1.82) is 0 Å². The van der Waals surface area contributed by atoms with E-state index >= 15 is 0 Å². The summed E-state index contributed by atoms with van der Waals surface area (Å²) in [6.07, 6.45) is 6.78. The zero-order chi connectivity index (χ0) is 16.5. The van der Waals surface area contributed by atoms with Crippen LogP contribution in [0.5, 0.6) is 5.75 Å². The number of aromatic nitrogens is 2. The Kier molecular flexibility index (Phi) is 4.13. The van der Waals surface area contributed by atoms with Gasteiger partial charge in [-0.05, 0) is 56.0 Å². The third-order valence-electron chi connectivity index (χ3n) is 5.15. The molecule has 1 aromatic carbocycles. The normalized spacial score (nSPS) is 18.7. The number of ether oxygens (including phenoxy) is 1. The summed E-state index contributed by atoms with van der Waals surface area (Å²) in [6, 6.07) is 8.41. The Morgan fingerprint density at radius 2 is 1.79 bits per heavy atom. The standard InChI is InChI=1S/C20H25N3O/c1-14-3-6-18(13-15(14)2)24-17-8-11-23(12-9-17)19-7-10-21-20(22-19)16-4-5-16/h3,6-7,10,13,16-17H,4-5,8-9,11-12H2,1-2H3. The van der Waals surface area contributed by atoms with Gasteiger partial charge in [0, 0.05) is 38.0 Å². The molecule has 126 valence electrons. The molecular formula is C20H25N3O. The third kappa shape index (κ3) is 3.37. The molecule has 0 bridgehead atoms. The first kappa shape index (κ1) is 15.4. The highest BCUT2D eigenvalue weighted by Gasteiger charge is 2.28. The average molecular weight is 323 g/mol. The molecule has 2 fully saturated rings. The van der Waals surface area contributed by atoms with Crippen LogP contribution in [-0.2, 0) is 0 Å². The SMILES string of the molecule is Cc1ccc(OC2CCN(c3ccnc(C4CC4)n3)CC2)cc1C. The van der Waals surface area contributed by atoms with Gasteiger partial charge in [0.15, 0.2) is 0 Å². The maximum Gasteiger partial charge on any atom is 0.133 e. The van der Waals surface area contributed by atoms with Gasteiger partial charge in [0.25, 0.3) is 0 Å². The van der Waals surface area contributed by atoms with E-state index in [-0.39, 0.29) is 0 Å². The number of hydrogen-bond acceptors (Lipinski definition) is 4. The quantitative estimate of drug-likeness (QED) is 0.852. The zero-order valence-electron chi connectivity index (χ0n) is 14.5. The minimum Gasteiger partial charge on any atom is -0.490 e. The van der Waals surface area contributed by atoms with E-state index in [2.05, 4.69) is 41.9 Å². The van der Waals surface area contributed by atoms with Crippen LogP contribution in [0.2, 0.25) is 0 Å². The number of nitrogens with zero attached hydrogens (tertiary/aromatic N) is 3. The molecule has 1 saturated carbocycles. The molecule has 0 radical (unpaired) electrons. The van der Waals surface area contributed by atoms with Crippen molar-refractivity contribution in [3.05, 3.63) is 47.4 Å². The van der Waals surface area contributed by atoms with Gasteiger partial charge < -0.3 is 9.64 Å². The first-order valence-electron chi connectivity index (χ1n) is 9.01. The van der Waals surface area contributed by atoms with Gasteiger partial charge in [0.05, 0.1) is 0 Å². The lowest BCUT2D eigenvalue weighted by Crippen LogP contribution is -2.38. The van der Waals surface area contributed by atoms with Gasteiger partial charge in [-0.2, -0.15) is 0 Å². The van der Waals surface area contributed by atoms with Crippen LogP contribution in [0.25, 0.3) is 0 Å². The second kappa shape index (κ2) is 6.42. The van der Waals surface area contributed by atoms with Crippen molar-refractivity contribution in [1.82, 2.24) is 9.97 Å². The highest BCUT2D eigenvalue weighted by Crippen LogP contribution is 2.38. The predicted octanol–water partition coefficient (Wildman–Crippen LogP) is 4.02. The molecule has 4 rings (SSSR count). The van der Waals surface area contributed by atoms with E-state index in [0.717, 1.165) is 43.3 Å². The summed E-state index contributed by atoms with van der Waals surface area (Å²) in [7, 11) is 0. The summed E-state index contributed by atoms with van der Waals surface area (Å²) in [5.41, 5.74) is 2.60. The van der Waals surface area contributed by atoms with Crippen molar-refractivity contribution < 1.29 is 4.74 Å². The molecule has 1 aromatic heterocycles. The fourth-order valence-electron chi connectivity index (χ4n) is 3.26. The molecule has 0 N–H and O–H groups in total. The molecule has 1 aliphatic heterocycles. The van der Waals surface area contributed by atoms with Gasteiger partial charge in [-0.15, -0.1) is 0 Å². The van der Waals surface area contributed by atoms with Crippen molar-refractivity contribution >= 4 is 5.82 Å². The van der Waals surface area contributed by atoms with Gasteiger partial charge in [-0.1, -0.05) is 6.07 Å². The van der Waals surface area contributed by atoms with Crippen molar-refractivity contribution in [3.8, 4) is 5.75 Å². The van der Waals surface area contributed by atoms with Crippen LogP contribution in [0.3, 0.4) is 0 Å². The molecule has 2 heterocycles. The van der Waals surface area contributed by atoms with Crippen molar-refractivity contribution in [3.63, 3.8) is 0 Å². The Hall–Kier alpha value is -2.10. The van der Waals surface area contributed by atoms with E-state index in [9.17, 15) is 0 Å². The Bertz CT molecular complexity index is 719. The molecule has 2 aromatic rings. The molecule has 4 heteroatoms. The Morgan fingerprint density at radius 3 is 2.50 bits per heavy atom. The predicted molar refractivity (Wildman–Crippen MR) is 95.8 cm³/mol. The van der Waals surface area contributed by atoms with Crippen molar-refractivity contribution in [2.45, 2.75) is 51.6 Å². The van der Waals surface area contributed by atoms with Crippen LogP contribution in [-0.4, -0.2) is 29.2 Å². The molecule has 2 aliphatic rings. The molecule has 1 saturated heterocycles. The maximum absolute atomic E-state index is 6.19. The molecule has 24 heavy (non-hydrogen) atoms. The number of piperidine rings is 1. The lowest BCUT2D eigenvalue weighted by Gasteiger charge is -2.33. The topological polar surface area (TPSA) is 38.2 Å². The minimum absolute atomic E-state index is 0.299. The van der Waals surface area contributed by atoms with Crippen molar-refractivity contribution in [2.75, 3.05) is 18.0 Å². The molecular weight excluding hydrogens is 298 g/mol. The van der Waals surface area contributed by atoms with E-state index in [0.29, 0.717) is 12.0 Å². The molecule has 0 atom stereocenters. The Balaban J connectivity index is 1.36. The zero-order valence-corrected chi connectivity index (χ0v) is 14.5. The summed E-state index contributed by atoms with van der Waals surface area (Å²) < 4.78 is 6.19. The molecule has 1 aliphatic carbocycles. The van der Waals surface area contributed by atoms with Gasteiger partial charge in [-0.25, -0.2) is 9.97 Å². The van der Waals surface area contributed by atoms with Crippen molar-refractivity contribution in [2.24, 2.45) is 0 Å². The minimum atomic E-state index is 0.299. The van der Waals surface area contributed by atoms with Crippen LogP contribution < -0.4 is 9.64 Å². The highest BCUT2D eigenvalue weighted by atomic mass is 16.5. The Labute approximate surface area is 143 Å². The van der Waals surface area contributed by atoms with E-state index in [4.69, 9.17) is 9.72 Å². The van der Waals surface area contributed by atoms with Crippen LogP contribution in [0.15, 0.2) is 30.5 Å². The highest BCUT2D eigenvalue weighted by molar-refractivity contribution is 5.39. The second-order valence-electron chi connectivity index (χ2n) is 7.10. The Morgan fingerprint density at radius 1 is 1.00 bits per heavy atom. The molecule has 0 amide bonds. The monoisotopic (exact) mass is 323 g/mol. The van der Waals surface area contributed by atoms with E-state index in [1.807, 2.05) is 12.3 Å². The molecule has 0 spiro atoms. The number of rotatable bonds is 4. The lowest BCUT2D eigenvalue weighted by molar-refractivity contribution is 0.170. The van der Waals surface area contributed by atoms with Crippen LogP contribution in [0.4, 0.5) is 5.82 Å². The number of benzene rings is 1. The second-order valence-corrected chi connectivity index (χ2v) is 7.10. The number of hydrogen-bond donors (Lipinski definition) is 0. The summed E-state index contributed by atoms with van der Waals surface area (Å²) in [6.45, 7) is 6.26. The lowest BCUT2D eigenvalue weighted by atomic mass is 10.1. The largest absolute Gasteiger partial charge is 0.490 e. The summed E-state index contributed by atoms with van der Waals surface area (Å²) in [4.78, 5) is 11.6. The van der Waals surface area contributed by atoms with Gasteiger partial charge in [0.1, 0.15) is 23.5 Å². The fourth-order valence-corrected chi connectivity index (χ4v) is 3.26. The van der Waals surface area contributed by atoms with Crippen LogP contribution in [0.1, 0.15) is 48.6 Å².